The van der Waals surface area contributed by atoms with Gasteiger partial charge in [-0.05, 0) is 52.0 Å². The van der Waals surface area contributed by atoms with Crippen molar-refractivity contribution in [2.75, 3.05) is 18.4 Å². The van der Waals surface area contributed by atoms with Gasteiger partial charge in [0.2, 0.25) is 10.0 Å². The Morgan fingerprint density at radius 1 is 1.17 bits per heavy atom. The Balaban J connectivity index is 2.10. The van der Waals surface area contributed by atoms with Crippen LogP contribution in [-0.4, -0.2) is 50.1 Å². The van der Waals surface area contributed by atoms with E-state index in [4.69, 9.17) is 4.74 Å². The Hall–Kier alpha value is -1.64. The average molecular weight is 355 g/mol. The zero-order chi connectivity index (χ0) is 17.9. The van der Waals surface area contributed by atoms with Crippen molar-refractivity contribution in [3.05, 3.63) is 24.3 Å². The van der Waals surface area contributed by atoms with Crippen LogP contribution < -0.4 is 10.6 Å². The minimum absolute atomic E-state index is 0.0231. The normalized spacial score (nSPS) is 22.4. The first-order valence-electron chi connectivity index (χ1n) is 8.01. The lowest BCUT2D eigenvalue weighted by molar-refractivity contribution is -0.0440. The lowest BCUT2D eigenvalue weighted by atomic mass is 10.3. The van der Waals surface area contributed by atoms with Gasteiger partial charge in [-0.2, -0.15) is 4.31 Å². The van der Waals surface area contributed by atoms with Crippen LogP contribution in [-0.2, 0) is 14.8 Å². The molecule has 2 N–H and O–H groups in total. The highest BCUT2D eigenvalue weighted by Gasteiger charge is 2.32. The molecule has 0 bridgehead atoms. The standard InChI is InChI=1S/C16H25N3O4S/c1-11(2)17-16(20)18-14-5-7-15(8-6-14)24(21,22)19-9-12(3)23-13(4)10-19/h5-8,11-13H,9-10H2,1-4H3,(H2,17,18,20)/t12-,13-/m0/s1. The molecule has 0 radical (unpaired) electrons. The van der Waals surface area contributed by atoms with Gasteiger partial charge in [-0.25, -0.2) is 13.2 Å². The van der Waals surface area contributed by atoms with Crippen LogP contribution in [0.5, 0.6) is 0 Å². The van der Waals surface area contributed by atoms with Crippen LogP contribution in [0.4, 0.5) is 10.5 Å². The van der Waals surface area contributed by atoms with Crippen LogP contribution in [0, 0.1) is 0 Å². The van der Waals surface area contributed by atoms with Crippen molar-refractivity contribution in [3.8, 4) is 0 Å². The fraction of sp³-hybridized carbons (Fsp3) is 0.562. The summed E-state index contributed by atoms with van der Waals surface area (Å²) in [6.45, 7) is 8.11. The summed E-state index contributed by atoms with van der Waals surface area (Å²) in [5.74, 6) is 0. The number of ether oxygens (including phenoxy) is 1. The number of sulfonamides is 1. The average Bonchev–Trinajstić information content (AvgIpc) is 2.45. The summed E-state index contributed by atoms with van der Waals surface area (Å²) in [6, 6.07) is 5.88. The SMILES string of the molecule is CC(C)NC(=O)Nc1ccc(S(=O)(=O)N2C[C@H](C)O[C@@H](C)C2)cc1. The molecule has 2 atom stereocenters. The quantitative estimate of drug-likeness (QED) is 0.865. The second-order valence-electron chi connectivity index (χ2n) is 6.36. The number of carbonyl (C=O) groups is 1. The molecule has 8 heteroatoms. The second-order valence-corrected chi connectivity index (χ2v) is 8.29. The molecule has 7 nitrogen and oxygen atoms in total. The monoisotopic (exact) mass is 355 g/mol. The number of morpholine rings is 1. The summed E-state index contributed by atoms with van der Waals surface area (Å²) >= 11 is 0. The predicted octanol–water partition coefficient (Wildman–Crippen LogP) is 2.01. The zero-order valence-electron chi connectivity index (χ0n) is 14.4. The van der Waals surface area contributed by atoms with Gasteiger partial charge in [0.1, 0.15) is 0 Å². The molecule has 1 aromatic carbocycles. The van der Waals surface area contributed by atoms with Gasteiger partial charge < -0.3 is 15.4 Å². The van der Waals surface area contributed by atoms with Crippen molar-refractivity contribution in [1.82, 2.24) is 9.62 Å². The maximum absolute atomic E-state index is 12.7. The maximum Gasteiger partial charge on any atom is 0.319 e. The van der Waals surface area contributed by atoms with Gasteiger partial charge in [-0.3, -0.25) is 0 Å². The molecule has 24 heavy (non-hydrogen) atoms. The van der Waals surface area contributed by atoms with Gasteiger partial charge in [0, 0.05) is 24.8 Å². The highest BCUT2D eigenvalue weighted by atomic mass is 32.2. The third-order valence-electron chi connectivity index (χ3n) is 3.56. The van der Waals surface area contributed by atoms with Gasteiger partial charge in [0.15, 0.2) is 0 Å². The number of nitrogens with one attached hydrogen (secondary N) is 2. The van der Waals surface area contributed by atoms with Crippen LogP contribution in [0.25, 0.3) is 0 Å². The molecule has 1 aliphatic rings. The van der Waals surface area contributed by atoms with Crippen molar-refractivity contribution in [2.24, 2.45) is 0 Å². The Morgan fingerprint density at radius 2 is 1.71 bits per heavy atom. The fourth-order valence-corrected chi connectivity index (χ4v) is 4.21. The smallest absolute Gasteiger partial charge is 0.319 e. The molecule has 1 saturated heterocycles. The van der Waals surface area contributed by atoms with Crippen molar-refractivity contribution < 1.29 is 17.9 Å². The Morgan fingerprint density at radius 3 is 2.21 bits per heavy atom. The largest absolute Gasteiger partial charge is 0.373 e. The van der Waals surface area contributed by atoms with Crippen molar-refractivity contribution in [2.45, 2.75) is 50.8 Å². The first-order valence-corrected chi connectivity index (χ1v) is 9.45. The van der Waals surface area contributed by atoms with E-state index < -0.39 is 10.0 Å². The predicted molar refractivity (Wildman–Crippen MR) is 92.5 cm³/mol. The lowest BCUT2D eigenvalue weighted by Crippen LogP contribution is -2.48. The highest BCUT2D eigenvalue weighted by Crippen LogP contribution is 2.22. The van der Waals surface area contributed by atoms with Gasteiger partial charge in [-0.1, -0.05) is 0 Å². The lowest BCUT2D eigenvalue weighted by Gasteiger charge is -2.34. The van der Waals surface area contributed by atoms with E-state index in [-0.39, 0.29) is 29.2 Å². The van der Waals surface area contributed by atoms with Crippen LogP contribution in [0.15, 0.2) is 29.2 Å². The Kier molecular flexibility index (Phi) is 5.84. The molecule has 1 heterocycles. The minimum Gasteiger partial charge on any atom is -0.373 e. The first-order chi connectivity index (χ1) is 11.2. The third-order valence-corrected chi connectivity index (χ3v) is 5.40. The molecule has 2 amide bonds. The topological polar surface area (TPSA) is 87.7 Å². The fourth-order valence-electron chi connectivity index (χ4n) is 2.62. The number of hydrogen-bond acceptors (Lipinski definition) is 4. The molecule has 0 saturated carbocycles. The summed E-state index contributed by atoms with van der Waals surface area (Å²) in [7, 11) is -3.57. The molecule has 0 aromatic heterocycles. The third kappa shape index (κ3) is 4.68. The van der Waals surface area contributed by atoms with E-state index >= 15 is 0 Å². The number of rotatable bonds is 4. The van der Waals surface area contributed by atoms with Crippen LogP contribution in [0.3, 0.4) is 0 Å². The number of urea groups is 1. The second kappa shape index (κ2) is 7.50. The molecule has 0 spiro atoms. The van der Waals surface area contributed by atoms with E-state index in [1.54, 1.807) is 12.1 Å². The Bertz CT molecular complexity index is 663. The molecule has 134 valence electrons. The zero-order valence-corrected chi connectivity index (χ0v) is 15.3. The van der Waals surface area contributed by atoms with Gasteiger partial charge in [0.05, 0.1) is 17.1 Å². The van der Waals surface area contributed by atoms with Gasteiger partial charge in [-0.15, -0.1) is 0 Å². The van der Waals surface area contributed by atoms with E-state index in [2.05, 4.69) is 10.6 Å². The minimum atomic E-state index is -3.57. The van der Waals surface area contributed by atoms with Crippen LogP contribution in [0.1, 0.15) is 27.7 Å². The summed E-state index contributed by atoms with van der Waals surface area (Å²) < 4.78 is 32.5. The van der Waals surface area contributed by atoms with Crippen molar-refractivity contribution in [1.29, 1.82) is 0 Å². The molecule has 1 fully saturated rings. The summed E-state index contributed by atoms with van der Waals surface area (Å²) in [6.07, 6.45) is -0.270. The van der Waals surface area contributed by atoms with Gasteiger partial charge in [0.25, 0.3) is 0 Å². The summed E-state index contributed by atoms with van der Waals surface area (Å²) in [5, 5.41) is 5.37. The molecule has 1 aliphatic heterocycles. The molecular formula is C16H25N3O4S. The van der Waals surface area contributed by atoms with E-state index in [0.29, 0.717) is 18.8 Å². The van der Waals surface area contributed by atoms with Crippen LogP contribution in [0.2, 0.25) is 0 Å². The number of carbonyl (C=O) groups excluding carboxylic acids is 1. The maximum atomic E-state index is 12.7. The molecule has 0 unspecified atom stereocenters. The molecule has 2 rings (SSSR count). The van der Waals surface area contributed by atoms with E-state index in [9.17, 15) is 13.2 Å². The molecular weight excluding hydrogens is 330 g/mol. The van der Waals surface area contributed by atoms with E-state index in [1.165, 1.54) is 16.4 Å². The summed E-state index contributed by atoms with van der Waals surface area (Å²) in [4.78, 5) is 11.9. The molecule has 1 aromatic rings. The molecule has 0 aliphatic carbocycles. The number of nitrogens with zero attached hydrogens (tertiary/aromatic N) is 1. The Labute approximate surface area is 143 Å². The van der Waals surface area contributed by atoms with Gasteiger partial charge >= 0.3 is 6.03 Å². The number of benzene rings is 1. The van der Waals surface area contributed by atoms with E-state index in [0.717, 1.165) is 0 Å². The number of amides is 2. The van der Waals surface area contributed by atoms with E-state index in [1.807, 2.05) is 27.7 Å². The highest BCUT2D eigenvalue weighted by molar-refractivity contribution is 7.89. The number of anilines is 1. The first kappa shape index (κ1) is 18.7. The number of hydrogen-bond donors (Lipinski definition) is 2. The van der Waals surface area contributed by atoms with Crippen molar-refractivity contribution in [3.63, 3.8) is 0 Å². The summed E-state index contributed by atoms with van der Waals surface area (Å²) in [5.41, 5.74) is 0.538. The van der Waals surface area contributed by atoms with Crippen LogP contribution >= 0.6 is 0 Å². The van der Waals surface area contributed by atoms with Crippen molar-refractivity contribution >= 4 is 21.7 Å².